The summed E-state index contributed by atoms with van der Waals surface area (Å²) in [5.41, 5.74) is 2.31. The van der Waals surface area contributed by atoms with Gasteiger partial charge in [-0.25, -0.2) is 4.98 Å². The summed E-state index contributed by atoms with van der Waals surface area (Å²) in [6.07, 6.45) is 5.39. The fraction of sp³-hybridized carbons (Fsp3) is 0.467. The molecule has 0 aliphatic heterocycles. The minimum Gasteiger partial charge on any atom is -0.328 e. The van der Waals surface area contributed by atoms with Gasteiger partial charge in [0.05, 0.1) is 17.1 Å². The van der Waals surface area contributed by atoms with Gasteiger partial charge in [-0.1, -0.05) is 18.6 Å². The molecule has 0 saturated heterocycles. The molecule has 2 aromatic rings. The van der Waals surface area contributed by atoms with E-state index in [1.165, 1.54) is 30.6 Å². The molecule has 0 radical (unpaired) electrons. The molecule has 3 heteroatoms. The molecule has 0 unspecified atom stereocenters. The van der Waals surface area contributed by atoms with Gasteiger partial charge >= 0.3 is 0 Å². The molecule has 0 amide bonds. The minimum atomic E-state index is 0.622. The second kappa shape index (κ2) is 4.81. The lowest BCUT2D eigenvalue weighted by molar-refractivity contribution is 0.387. The van der Waals surface area contributed by atoms with E-state index in [0.717, 1.165) is 18.5 Å². The molecule has 0 atom stereocenters. The van der Waals surface area contributed by atoms with Gasteiger partial charge in [0.15, 0.2) is 0 Å². The summed E-state index contributed by atoms with van der Waals surface area (Å²) in [6, 6.07) is 10.5. The standard InChI is InChI=1S/C15H17N3/c16-10-3-4-11-18-14-9-2-1-8-13(14)17-15(18)12-6-5-7-12/h1-2,8-9,12H,3-7,11H2. The number of nitriles is 1. The normalized spacial score (nSPS) is 15.5. The summed E-state index contributed by atoms with van der Waals surface area (Å²) < 4.78 is 2.33. The summed E-state index contributed by atoms with van der Waals surface area (Å²) in [5, 5.41) is 8.67. The van der Waals surface area contributed by atoms with Gasteiger partial charge in [-0.3, -0.25) is 0 Å². The predicted molar refractivity (Wildman–Crippen MR) is 71.2 cm³/mol. The highest BCUT2D eigenvalue weighted by atomic mass is 15.1. The highest BCUT2D eigenvalue weighted by Gasteiger charge is 2.25. The zero-order chi connectivity index (χ0) is 12.4. The van der Waals surface area contributed by atoms with Crippen molar-refractivity contribution in [2.75, 3.05) is 0 Å². The van der Waals surface area contributed by atoms with Crippen LogP contribution in [0.3, 0.4) is 0 Å². The zero-order valence-electron chi connectivity index (χ0n) is 10.5. The molecule has 0 N–H and O–H groups in total. The van der Waals surface area contributed by atoms with Crippen LogP contribution in [-0.2, 0) is 6.54 Å². The molecular formula is C15H17N3. The number of unbranched alkanes of at least 4 members (excludes halogenated alkanes) is 1. The Hall–Kier alpha value is -1.82. The summed E-state index contributed by atoms with van der Waals surface area (Å²) in [6.45, 7) is 0.917. The summed E-state index contributed by atoms with van der Waals surface area (Å²) in [5.74, 6) is 1.87. The quantitative estimate of drug-likeness (QED) is 0.765. The largest absolute Gasteiger partial charge is 0.328 e. The molecule has 1 aromatic carbocycles. The van der Waals surface area contributed by atoms with Crippen LogP contribution in [0, 0.1) is 11.3 Å². The van der Waals surface area contributed by atoms with Crippen LogP contribution >= 0.6 is 0 Å². The molecule has 1 aromatic heterocycles. The molecule has 1 fully saturated rings. The van der Waals surface area contributed by atoms with Gasteiger partial charge in [0.25, 0.3) is 0 Å². The third-order valence-corrected chi connectivity index (χ3v) is 3.82. The molecule has 1 aliphatic rings. The smallest absolute Gasteiger partial charge is 0.112 e. The monoisotopic (exact) mass is 239 g/mol. The first-order valence-corrected chi connectivity index (χ1v) is 6.72. The van der Waals surface area contributed by atoms with E-state index in [9.17, 15) is 0 Å². The second-order valence-corrected chi connectivity index (χ2v) is 5.00. The van der Waals surface area contributed by atoms with Crippen LogP contribution in [-0.4, -0.2) is 9.55 Å². The Morgan fingerprint density at radius 3 is 2.89 bits per heavy atom. The van der Waals surface area contributed by atoms with Crippen LogP contribution in [0.25, 0.3) is 11.0 Å². The average molecular weight is 239 g/mol. The summed E-state index contributed by atoms with van der Waals surface area (Å²) >= 11 is 0. The van der Waals surface area contributed by atoms with Crippen LogP contribution in [0.1, 0.15) is 43.8 Å². The Bertz CT molecular complexity index is 587. The average Bonchev–Trinajstić information content (AvgIpc) is 2.66. The number of benzene rings is 1. The number of nitrogens with zero attached hydrogens (tertiary/aromatic N) is 3. The van der Waals surface area contributed by atoms with Crippen molar-refractivity contribution in [3.63, 3.8) is 0 Å². The highest BCUT2D eigenvalue weighted by molar-refractivity contribution is 5.76. The first-order valence-electron chi connectivity index (χ1n) is 6.72. The van der Waals surface area contributed by atoms with Crippen molar-refractivity contribution in [3.8, 4) is 6.07 Å². The molecule has 0 spiro atoms. The van der Waals surface area contributed by atoms with Crippen LogP contribution in [0.15, 0.2) is 24.3 Å². The number of imidazole rings is 1. The minimum absolute atomic E-state index is 0.622. The Balaban J connectivity index is 1.98. The molecular weight excluding hydrogens is 222 g/mol. The number of aromatic nitrogens is 2. The van der Waals surface area contributed by atoms with Crippen molar-refractivity contribution < 1.29 is 0 Å². The van der Waals surface area contributed by atoms with E-state index < -0.39 is 0 Å². The second-order valence-electron chi connectivity index (χ2n) is 5.00. The Morgan fingerprint density at radius 1 is 1.33 bits per heavy atom. The molecule has 18 heavy (non-hydrogen) atoms. The van der Waals surface area contributed by atoms with E-state index in [4.69, 9.17) is 10.2 Å². The molecule has 92 valence electrons. The van der Waals surface area contributed by atoms with Gasteiger partial charge in [-0.05, 0) is 31.4 Å². The van der Waals surface area contributed by atoms with Gasteiger partial charge in [0.1, 0.15) is 5.82 Å². The van der Waals surface area contributed by atoms with Crippen molar-refractivity contribution >= 4 is 11.0 Å². The van der Waals surface area contributed by atoms with E-state index in [1.807, 2.05) is 6.07 Å². The Labute approximate surface area is 107 Å². The van der Waals surface area contributed by atoms with E-state index in [2.05, 4.69) is 28.8 Å². The number of fused-ring (bicyclic) bond motifs is 1. The molecule has 1 aliphatic carbocycles. The van der Waals surface area contributed by atoms with Gasteiger partial charge in [-0.15, -0.1) is 0 Å². The van der Waals surface area contributed by atoms with E-state index in [1.54, 1.807) is 0 Å². The van der Waals surface area contributed by atoms with Gasteiger partial charge in [-0.2, -0.15) is 5.26 Å². The van der Waals surface area contributed by atoms with Gasteiger partial charge in [0.2, 0.25) is 0 Å². The molecule has 3 nitrogen and oxygen atoms in total. The number of para-hydroxylation sites is 2. The van der Waals surface area contributed by atoms with Crippen molar-refractivity contribution in [2.45, 2.75) is 44.6 Å². The van der Waals surface area contributed by atoms with Crippen molar-refractivity contribution in [1.82, 2.24) is 9.55 Å². The fourth-order valence-corrected chi connectivity index (χ4v) is 2.62. The molecule has 1 heterocycles. The first kappa shape index (κ1) is 11.3. The van der Waals surface area contributed by atoms with E-state index >= 15 is 0 Å². The van der Waals surface area contributed by atoms with Crippen LogP contribution < -0.4 is 0 Å². The number of hydrogen-bond donors (Lipinski definition) is 0. The maximum atomic E-state index is 8.67. The molecule has 3 rings (SSSR count). The number of aryl methyl sites for hydroxylation is 1. The van der Waals surface area contributed by atoms with Crippen molar-refractivity contribution in [1.29, 1.82) is 5.26 Å². The topological polar surface area (TPSA) is 41.6 Å². The van der Waals surface area contributed by atoms with Crippen LogP contribution in [0.5, 0.6) is 0 Å². The SMILES string of the molecule is N#CCCCn1c(C2CCC2)nc2ccccc21. The summed E-state index contributed by atoms with van der Waals surface area (Å²) in [4.78, 5) is 4.79. The summed E-state index contributed by atoms with van der Waals surface area (Å²) in [7, 11) is 0. The number of hydrogen-bond acceptors (Lipinski definition) is 2. The molecule has 0 bridgehead atoms. The number of rotatable bonds is 4. The third kappa shape index (κ3) is 1.88. The highest BCUT2D eigenvalue weighted by Crippen LogP contribution is 2.37. The fourth-order valence-electron chi connectivity index (χ4n) is 2.62. The predicted octanol–water partition coefficient (Wildman–Crippen LogP) is 3.61. The van der Waals surface area contributed by atoms with Crippen LogP contribution in [0.2, 0.25) is 0 Å². The van der Waals surface area contributed by atoms with Crippen molar-refractivity contribution in [2.24, 2.45) is 0 Å². The molecule has 1 saturated carbocycles. The van der Waals surface area contributed by atoms with Gasteiger partial charge in [0, 0.05) is 18.9 Å². The zero-order valence-corrected chi connectivity index (χ0v) is 10.5. The lowest BCUT2D eigenvalue weighted by Crippen LogP contribution is -2.15. The van der Waals surface area contributed by atoms with Crippen LogP contribution in [0.4, 0.5) is 0 Å². The lowest BCUT2D eigenvalue weighted by Gasteiger charge is -2.25. The maximum absolute atomic E-state index is 8.67. The van der Waals surface area contributed by atoms with Gasteiger partial charge < -0.3 is 4.57 Å². The maximum Gasteiger partial charge on any atom is 0.112 e. The third-order valence-electron chi connectivity index (χ3n) is 3.82. The van der Waals surface area contributed by atoms with Crippen molar-refractivity contribution in [3.05, 3.63) is 30.1 Å². The van der Waals surface area contributed by atoms with E-state index in [0.29, 0.717) is 12.3 Å². The lowest BCUT2D eigenvalue weighted by atomic mass is 9.85. The first-order chi connectivity index (χ1) is 8.90. The van der Waals surface area contributed by atoms with E-state index in [-0.39, 0.29) is 0 Å². The Kier molecular flexibility index (Phi) is 3.02. The Morgan fingerprint density at radius 2 is 2.17 bits per heavy atom.